The molecule has 0 heterocycles. The van der Waals surface area contributed by atoms with Gasteiger partial charge in [-0.1, -0.05) is 26.7 Å². The van der Waals surface area contributed by atoms with E-state index >= 15 is 0 Å². The van der Waals surface area contributed by atoms with Crippen molar-refractivity contribution in [2.24, 2.45) is 0 Å². The lowest BCUT2D eigenvalue weighted by Gasteiger charge is -2.49. The molecular weight excluding hydrogens is 249 g/mol. The van der Waals surface area contributed by atoms with E-state index in [0.29, 0.717) is 0 Å². The van der Waals surface area contributed by atoms with Gasteiger partial charge < -0.3 is 14.5 Å². The number of rotatable bonds is 7. The highest BCUT2D eigenvalue weighted by Crippen LogP contribution is 2.56. The van der Waals surface area contributed by atoms with Crippen LogP contribution in [0.1, 0.15) is 54.4 Å². The Morgan fingerprint density at radius 2 is 1.56 bits per heavy atom. The first-order chi connectivity index (χ1) is 7.89. The van der Waals surface area contributed by atoms with Crippen molar-refractivity contribution in [1.82, 2.24) is 0 Å². The maximum Gasteiger partial charge on any atom is 0.356 e. The first-order valence-electron chi connectivity index (χ1n) is 6.21. The van der Waals surface area contributed by atoms with Crippen LogP contribution in [0.5, 0.6) is 0 Å². The molecule has 103 valence electrons. The summed E-state index contributed by atoms with van der Waals surface area (Å²) in [6, 6.07) is 0. The Bertz CT molecular complexity index is 313. The Balaban J connectivity index is 5.35. The minimum absolute atomic E-state index is 0.417. The molecule has 0 aliphatic carbocycles. The van der Waals surface area contributed by atoms with Crippen LogP contribution in [0.25, 0.3) is 0 Å². The lowest BCUT2D eigenvalue weighted by molar-refractivity contribution is -0.116. The highest BCUT2D eigenvalue weighted by atomic mass is 31.2. The van der Waals surface area contributed by atoms with Crippen LogP contribution >= 0.6 is 7.60 Å². The monoisotopic (exact) mass is 273 g/mol. The molecule has 0 aromatic rings. The van der Waals surface area contributed by atoms with Crippen molar-refractivity contribution in [3.8, 4) is 0 Å². The lowest BCUT2D eigenvalue weighted by atomic mass is 9.33. The molecule has 7 heteroatoms. The Hall–Kier alpha value is 0.240. The molecule has 0 fully saturated rings. The van der Waals surface area contributed by atoms with E-state index in [2.05, 4.69) is 0 Å². The van der Waals surface area contributed by atoms with Crippen molar-refractivity contribution in [2.75, 3.05) is 0 Å². The quantitative estimate of drug-likeness (QED) is 0.552. The Morgan fingerprint density at radius 3 is 1.78 bits per heavy atom. The predicted molar refractivity (Wildman–Crippen MR) is 76.1 cm³/mol. The maximum atomic E-state index is 11.5. The minimum atomic E-state index is -4.34. The molecule has 0 saturated heterocycles. The molecule has 0 rings (SSSR count). The maximum absolute atomic E-state index is 11.5. The Morgan fingerprint density at radius 1 is 1.17 bits per heavy atom. The van der Waals surface area contributed by atoms with E-state index in [1.807, 2.05) is 27.7 Å². The van der Waals surface area contributed by atoms with Gasteiger partial charge in [-0.25, -0.2) is 0 Å². The second-order valence-electron chi connectivity index (χ2n) is 5.63. The molecule has 18 heavy (non-hydrogen) atoms. The van der Waals surface area contributed by atoms with Crippen LogP contribution in [0, 0.1) is 0 Å². The summed E-state index contributed by atoms with van der Waals surface area (Å²) in [7, 11) is 2.99. The molecule has 0 aliphatic rings. The third-order valence-electron chi connectivity index (χ3n) is 3.99. The van der Waals surface area contributed by atoms with E-state index in [4.69, 9.17) is 12.5 Å². The van der Waals surface area contributed by atoms with E-state index in [1.165, 1.54) is 13.8 Å². The van der Waals surface area contributed by atoms with Crippen molar-refractivity contribution in [1.29, 1.82) is 0 Å². The highest BCUT2D eigenvalue weighted by molar-refractivity contribution is 7.53. The minimum Gasteiger partial charge on any atom is -0.357 e. The third kappa shape index (κ3) is 3.41. The number of hydrogen-bond donors (Lipinski definition) is 2. The molecule has 0 spiro atoms. The summed E-state index contributed by atoms with van der Waals surface area (Å²) in [5.74, 6) is 0. The fourth-order valence-electron chi connectivity index (χ4n) is 2.32. The van der Waals surface area contributed by atoms with Crippen LogP contribution in [-0.4, -0.2) is 35.6 Å². The van der Waals surface area contributed by atoms with Crippen LogP contribution in [0.4, 0.5) is 0 Å². The summed E-state index contributed by atoms with van der Waals surface area (Å²) < 4.78 is 17.2. The molecular formula is C11H24B2O4P. The third-order valence-corrected chi connectivity index (χ3v) is 5.48. The summed E-state index contributed by atoms with van der Waals surface area (Å²) in [4.78, 5) is 18.7. The fourth-order valence-corrected chi connectivity index (χ4v) is 2.67. The van der Waals surface area contributed by atoms with Gasteiger partial charge in [-0.05, 0) is 33.0 Å². The summed E-state index contributed by atoms with van der Waals surface area (Å²) in [5.41, 5.74) is -0.768. The standard InChI is InChI=1S/C11H24B2O4P/c1-7-11(8-2,13-12)9(3,4)17-10(5,6)18(14,15)16/h7-8H2,1-6H3,(H2,14,15,16). The van der Waals surface area contributed by atoms with Gasteiger partial charge in [0.1, 0.15) is 0 Å². The van der Waals surface area contributed by atoms with Crippen LogP contribution in [-0.2, 0) is 9.30 Å². The van der Waals surface area contributed by atoms with Crippen LogP contribution < -0.4 is 0 Å². The fraction of sp³-hybridized carbons (Fsp3) is 1.00. The predicted octanol–water partition coefficient (Wildman–Crippen LogP) is 2.46. The Kier molecular flexibility index (Phi) is 5.78. The van der Waals surface area contributed by atoms with Crippen molar-refractivity contribution in [3.63, 3.8) is 0 Å². The van der Waals surface area contributed by atoms with Gasteiger partial charge in [0.25, 0.3) is 0 Å². The molecule has 0 bridgehead atoms. The van der Waals surface area contributed by atoms with Crippen molar-refractivity contribution in [2.45, 2.75) is 70.6 Å². The molecule has 0 aromatic carbocycles. The average molecular weight is 273 g/mol. The largest absolute Gasteiger partial charge is 0.357 e. The van der Waals surface area contributed by atoms with Crippen molar-refractivity contribution >= 4 is 22.5 Å². The summed E-state index contributed by atoms with van der Waals surface area (Å²) in [6.07, 6.45) is 1.48. The zero-order valence-corrected chi connectivity index (χ0v) is 13.1. The first-order valence-corrected chi connectivity index (χ1v) is 7.82. The van der Waals surface area contributed by atoms with Gasteiger partial charge in [-0.3, -0.25) is 4.57 Å². The molecule has 0 unspecified atom stereocenters. The van der Waals surface area contributed by atoms with Crippen molar-refractivity contribution in [3.05, 3.63) is 0 Å². The second-order valence-corrected chi connectivity index (χ2v) is 7.80. The first kappa shape index (κ1) is 18.2. The van der Waals surface area contributed by atoms with E-state index in [9.17, 15) is 14.4 Å². The summed E-state index contributed by atoms with van der Waals surface area (Å²) in [5, 5.41) is -1.95. The van der Waals surface area contributed by atoms with Crippen LogP contribution in [0.3, 0.4) is 0 Å². The van der Waals surface area contributed by atoms with Crippen LogP contribution in [0.2, 0.25) is 5.31 Å². The van der Waals surface area contributed by atoms with E-state index in [0.717, 1.165) is 12.8 Å². The van der Waals surface area contributed by atoms with Gasteiger partial charge in [0, 0.05) is 7.74 Å². The van der Waals surface area contributed by atoms with Gasteiger partial charge in [0.05, 0.1) is 12.8 Å². The normalized spacial score (nSPS) is 14.7. The molecule has 0 atom stereocenters. The Labute approximate surface area is 113 Å². The van der Waals surface area contributed by atoms with Gasteiger partial charge in [-0.2, -0.15) is 0 Å². The van der Waals surface area contributed by atoms with Crippen molar-refractivity contribution < 1.29 is 19.1 Å². The number of ether oxygens (including phenoxy) is 1. The lowest BCUT2D eigenvalue weighted by Crippen LogP contribution is -2.48. The van der Waals surface area contributed by atoms with Gasteiger partial charge in [-0.15, -0.1) is 0 Å². The zero-order valence-electron chi connectivity index (χ0n) is 12.2. The van der Waals surface area contributed by atoms with E-state index < -0.39 is 23.9 Å². The molecule has 2 N–H and O–H groups in total. The van der Waals surface area contributed by atoms with E-state index in [1.54, 1.807) is 7.17 Å². The van der Waals surface area contributed by atoms with Gasteiger partial charge in [0.15, 0.2) is 5.34 Å². The van der Waals surface area contributed by atoms with E-state index in [-0.39, 0.29) is 0 Å². The molecule has 0 aromatic heterocycles. The van der Waals surface area contributed by atoms with Gasteiger partial charge >= 0.3 is 7.60 Å². The topological polar surface area (TPSA) is 66.8 Å². The summed E-state index contributed by atoms with van der Waals surface area (Å²) >= 11 is 0. The van der Waals surface area contributed by atoms with Crippen LogP contribution in [0.15, 0.2) is 0 Å². The molecule has 0 saturated carbocycles. The molecule has 4 nitrogen and oxygen atoms in total. The molecule has 0 amide bonds. The SMILES string of the molecule is [B][B]C(CC)(CC)C(C)(C)OC(C)(C)P(=O)(O)O. The second kappa shape index (κ2) is 5.70. The molecule has 0 aliphatic heterocycles. The number of hydrogen-bond acceptors (Lipinski definition) is 2. The van der Waals surface area contributed by atoms with Gasteiger partial charge in [0.2, 0.25) is 0 Å². The smallest absolute Gasteiger partial charge is 0.356 e. The zero-order chi connectivity index (χ0) is 14.8. The average Bonchev–Trinajstić information content (AvgIpc) is 2.17. The summed E-state index contributed by atoms with van der Waals surface area (Å²) in [6.45, 7) is 10.4. The highest BCUT2D eigenvalue weighted by Gasteiger charge is 2.49. The molecule has 3 radical (unpaired) electrons.